The van der Waals surface area contributed by atoms with E-state index < -0.39 is 17.2 Å². The fourth-order valence-electron chi connectivity index (χ4n) is 6.96. The average Bonchev–Trinajstić information content (AvgIpc) is 3.53. The summed E-state index contributed by atoms with van der Waals surface area (Å²) >= 11 is 0. The van der Waals surface area contributed by atoms with Gasteiger partial charge in [-0.3, -0.25) is 4.90 Å². The molecule has 2 N–H and O–H groups in total. The number of benzene rings is 2. The van der Waals surface area contributed by atoms with Crippen molar-refractivity contribution in [2.75, 3.05) is 37.7 Å². The highest BCUT2D eigenvalue weighted by molar-refractivity contribution is 6.02. The first kappa shape index (κ1) is 29.2. The molecule has 0 spiro atoms. The number of rotatable bonds is 5. The zero-order valence-corrected chi connectivity index (χ0v) is 25.1. The number of fused-ring (bicyclic) bond motifs is 3. The highest BCUT2D eigenvalue weighted by Gasteiger charge is 2.45. The number of hydrogen-bond acceptors (Lipinski definition) is 9. The quantitative estimate of drug-likeness (QED) is 0.292. The molecule has 11 heteroatoms. The predicted molar refractivity (Wildman–Crippen MR) is 166 cm³/mol. The fraction of sp³-hybridized carbons (Fsp3) is 0.382. The van der Waals surface area contributed by atoms with Crippen molar-refractivity contribution in [1.82, 2.24) is 19.9 Å². The minimum Gasteiger partial charge on any atom is -0.508 e. The monoisotopic (exact) mass is 613 g/mol. The van der Waals surface area contributed by atoms with E-state index in [1.807, 2.05) is 0 Å². The molecular formula is C34H33F2N5O4. The van der Waals surface area contributed by atoms with E-state index >= 15 is 8.78 Å². The molecule has 2 saturated heterocycles. The van der Waals surface area contributed by atoms with E-state index in [4.69, 9.17) is 14.5 Å². The Morgan fingerprint density at radius 3 is 2.67 bits per heavy atom. The number of hydrogen-bond donors (Lipinski definition) is 2. The minimum absolute atomic E-state index is 0.0396. The van der Waals surface area contributed by atoms with Gasteiger partial charge in [-0.1, -0.05) is 18.1 Å². The van der Waals surface area contributed by atoms with Crippen LogP contribution >= 0.6 is 0 Å². The van der Waals surface area contributed by atoms with Crippen LogP contribution in [0, 0.1) is 23.5 Å². The van der Waals surface area contributed by atoms with Crippen molar-refractivity contribution >= 4 is 27.5 Å². The third kappa shape index (κ3) is 5.18. The number of β-amino-alcohol motifs (C(OH)–C–C–N with tert-alkyl or cyclic N) is 1. The summed E-state index contributed by atoms with van der Waals surface area (Å²) in [6.07, 6.45) is 7.20. The molecule has 2 aromatic carbocycles. The van der Waals surface area contributed by atoms with Crippen LogP contribution in [0.15, 0.2) is 42.8 Å². The fourth-order valence-corrected chi connectivity index (χ4v) is 6.96. The van der Waals surface area contributed by atoms with Crippen molar-refractivity contribution in [3.8, 4) is 34.9 Å². The van der Waals surface area contributed by atoms with Crippen LogP contribution in [0.5, 0.6) is 11.8 Å². The van der Waals surface area contributed by atoms with Crippen molar-refractivity contribution in [1.29, 1.82) is 0 Å². The van der Waals surface area contributed by atoms with Gasteiger partial charge in [0.2, 0.25) is 0 Å². The maximum absolute atomic E-state index is 16.9. The summed E-state index contributed by atoms with van der Waals surface area (Å²) in [5.74, 6) is 4.40. The van der Waals surface area contributed by atoms with Gasteiger partial charge in [-0.2, -0.15) is 9.97 Å². The number of aliphatic hydroxyl groups is 1. The van der Waals surface area contributed by atoms with E-state index in [1.165, 1.54) is 30.5 Å². The molecule has 4 aromatic rings. The first-order chi connectivity index (χ1) is 21.7. The van der Waals surface area contributed by atoms with E-state index in [0.717, 1.165) is 38.8 Å². The standard InChI is InChI=1S/C34H33F2N5O4/c1-3-7-25-27-30(28(36)29(37-25)23-17-22(42)16-21-8-4-9-24(35)26(21)23)38-32(45-20-34-10-5-12-41(34)13-6-11-34)39-31(27)40-14-15-44-19-33(2,43)18-40/h4,8-9,14-17,42-43H,5-6,10-13,18-20H2,1-2H3. The van der Waals surface area contributed by atoms with Gasteiger partial charge in [0, 0.05) is 17.1 Å². The first-order valence-electron chi connectivity index (χ1n) is 15.1. The van der Waals surface area contributed by atoms with Crippen molar-refractivity contribution in [2.24, 2.45) is 0 Å². The van der Waals surface area contributed by atoms with Gasteiger partial charge in [0.25, 0.3) is 0 Å². The van der Waals surface area contributed by atoms with Crippen LogP contribution in [0.1, 0.15) is 45.2 Å². The Kier molecular flexibility index (Phi) is 7.22. The lowest BCUT2D eigenvalue weighted by molar-refractivity contribution is 0.00798. The molecule has 1 unspecified atom stereocenters. The Balaban J connectivity index is 1.47. The van der Waals surface area contributed by atoms with E-state index in [9.17, 15) is 10.2 Å². The molecule has 5 heterocycles. The number of pyridine rings is 1. The Labute approximate surface area is 259 Å². The number of aromatic nitrogens is 3. The normalized spacial score (nSPS) is 21.0. The lowest BCUT2D eigenvalue weighted by Crippen LogP contribution is -2.43. The van der Waals surface area contributed by atoms with Crippen molar-refractivity contribution in [3.63, 3.8) is 0 Å². The van der Waals surface area contributed by atoms with Crippen LogP contribution < -0.4 is 9.64 Å². The van der Waals surface area contributed by atoms with Crippen molar-refractivity contribution < 1.29 is 28.5 Å². The predicted octanol–water partition coefficient (Wildman–Crippen LogP) is 5.27. The van der Waals surface area contributed by atoms with E-state index in [0.29, 0.717) is 12.0 Å². The number of aromatic hydroxyl groups is 1. The number of phenolic OH excluding ortho intramolecular Hbond substituents is 1. The van der Waals surface area contributed by atoms with Gasteiger partial charge in [0.05, 0.1) is 23.7 Å². The summed E-state index contributed by atoms with van der Waals surface area (Å²) in [7, 11) is 0. The number of nitrogens with zero attached hydrogens (tertiary/aromatic N) is 5. The third-order valence-electron chi connectivity index (χ3n) is 8.95. The second kappa shape index (κ2) is 11.1. The van der Waals surface area contributed by atoms with Crippen LogP contribution in [0.25, 0.3) is 32.9 Å². The lowest BCUT2D eigenvalue weighted by Gasteiger charge is -2.31. The Hall–Kier alpha value is -4.53. The molecule has 3 aliphatic rings. The molecule has 232 valence electrons. The van der Waals surface area contributed by atoms with Crippen LogP contribution in [-0.4, -0.2) is 74.1 Å². The number of anilines is 1. The molecule has 0 radical (unpaired) electrons. The lowest BCUT2D eigenvalue weighted by atomic mass is 9.95. The van der Waals surface area contributed by atoms with Gasteiger partial charge in [-0.25, -0.2) is 13.8 Å². The smallest absolute Gasteiger partial charge is 0.319 e. The SMILES string of the molecule is CC#Cc1nc(-c2cc(O)cc3cccc(F)c23)c(F)c2nc(OCC34CCCN3CCC4)nc(N3C=COCC(C)(O)C3)c12. The van der Waals surface area contributed by atoms with Crippen LogP contribution in [0.2, 0.25) is 0 Å². The molecule has 0 bridgehead atoms. The summed E-state index contributed by atoms with van der Waals surface area (Å²) in [6, 6.07) is 7.08. The molecule has 1 atom stereocenters. The molecule has 0 saturated carbocycles. The van der Waals surface area contributed by atoms with Crippen LogP contribution in [0.4, 0.5) is 14.6 Å². The number of ether oxygens (including phenoxy) is 2. The molecule has 0 amide bonds. The van der Waals surface area contributed by atoms with E-state index in [1.54, 1.807) is 31.0 Å². The van der Waals surface area contributed by atoms with Gasteiger partial charge in [0.15, 0.2) is 11.6 Å². The molecule has 2 aromatic heterocycles. The zero-order chi connectivity index (χ0) is 31.3. The Morgan fingerprint density at radius 2 is 1.89 bits per heavy atom. The van der Waals surface area contributed by atoms with Crippen molar-refractivity contribution in [3.05, 3.63) is 60.1 Å². The average molecular weight is 614 g/mol. The molecular weight excluding hydrogens is 580 g/mol. The van der Waals surface area contributed by atoms with Gasteiger partial charge in [-0.15, -0.1) is 0 Å². The summed E-state index contributed by atoms with van der Waals surface area (Å²) < 4.78 is 43.9. The summed E-state index contributed by atoms with van der Waals surface area (Å²) in [4.78, 5) is 18.0. The second-order valence-electron chi connectivity index (χ2n) is 12.3. The first-order valence-corrected chi connectivity index (χ1v) is 15.1. The molecule has 9 nitrogen and oxygen atoms in total. The van der Waals surface area contributed by atoms with Gasteiger partial charge >= 0.3 is 6.01 Å². The Bertz CT molecular complexity index is 1910. The number of phenols is 1. The maximum atomic E-state index is 16.9. The highest BCUT2D eigenvalue weighted by atomic mass is 19.1. The second-order valence-corrected chi connectivity index (χ2v) is 12.3. The summed E-state index contributed by atoms with van der Waals surface area (Å²) in [5.41, 5.74) is -1.53. The Morgan fingerprint density at radius 1 is 1.09 bits per heavy atom. The summed E-state index contributed by atoms with van der Waals surface area (Å²) in [6.45, 7) is 5.73. The van der Waals surface area contributed by atoms with Gasteiger partial charge < -0.3 is 24.6 Å². The highest BCUT2D eigenvalue weighted by Crippen LogP contribution is 2.41. The molecule has 0 aliphatic carbocycles. The maximum Gasteiger partial charge on any atom is 0.319 e. The van der Waals surface area contributed by atoms with Crippen LogP contribution in [0.3, 0.4) is 0 Å². The molecule has 7 rings (SSSR count). The topological polar surface area (TPSA) is 104 Å². The minimum atomic E-state index is -1.27. The van der Waals surface area contributed by atoms with Crippen LogP contribution in [-0.2, 0) is 4.74 Å². The van der Waals surface area contributed by atoms with E-state index in [2.05, 4.69) is 26.7 Å². The molecule has 45 heavy (non-hydrogen) atoms. The molecule has 2 fully saturated rings. The van der Waals surface area contributed by atoms with Crippen molar-refractivity contribution in [2.45, 2.75) is 50.7 Å². The summed E-state index contributed by atoms with van der Waals surface area (Å²) in [5, 5.41) is 22.2. The van der Waals surface area contributed by atoms with Gasteiger partial charge in [0.1, 0.15) is 47.3 Å². The van der Waals surface area contributed by atoms with Gasteiger partial charge in [-0.05, 0) is 82.1 Å². The third-order valence-corrected chi connectivity index (χ3v) is 8.95. The molecule has 3 aliphatic heterocycles. The zero-order valence-electron chi connectivity index (χ0n) is 25.1. The largest absolute Gasteiger partial charge is 0.508 e. The number of halogens is 2. The van der Waals surface area contributed by atoms with E-state index in [-0.39, 0.29) is 69.5 Å².